The summed E-state index contributed by atoms with van der Waals surface area (Å²) < 4.78 is 0. The third-order valence-corrected chi connectivity index (χ3v) is 17.1. The minimum Gasteiger partial charge on any atom is -0.0776 e. The van der Waals surface area contributed by atoms with Gasteiger partial charge in [-0.25, -0.2) is 0 Å². The van der Waals surface area contributed by atoms with Gasteiger partial charge in [0.1, 0.15) is 0 Å². The molecular formula is C76H54. The van der Waals surface area contributed by atoms with Gasteiger partial charge >= 0.3 is 0 Å². The maximum atomic E-state index is 2.52. The molecule has 0 saturated heterocycles. The first-order valence-corrected chi connectivity index (χ1v) is 26.3. The van der Waals surface area contributed by atoms with E-state index in [2.05, 4.69) is 303 Å². The average Bonchev–Trinajstić information content (AvgIpc) is 4.29. The molecule has 76 heavy (non-hydrogen) atoms. The fourth-order valence-electron chi connectivity index (χ4n) is 14.1. The van der Waals surface area contributed by atoms with Crippen molar-refractivity contribution >= 4 is 0 Å². The van der Waals surface area contributed by atoms with Crippen LogP contribution in [0.3, 0.4) is 0 Å². The first-order chi connectivity index (χ1) is 37.2. The second kappa shape index (κ2) is 17.7. The van der Waals surface area contributed by atoms with Crippen LogP contribution in [0.15, 0.2) is 303 Å². The summed E-state index contributed by atoms with van der Waals surface area (Å²) >= 11 is 0. The number of hydrogen-bond acceptors (Lipinski definition) is 0. The largest absolute Gasteiger partial charge is 0.0776 e. The molecule has 0 bridgehead atoms. The van der Waals surface area contributed by atoms with Crippen LogP contribution < -0.4 is 0 Å². The summed E-state index contributed by atoms with van der Waals surface area (Å²) in [5.74, 6) is 0. The zero-order valence-corrected chi connectivity index (χ0v) is 41.4. The highest BCUT2D eigenvalue weighted by Crippen LogP contribution is 2.61. The second-order valence-electron chi connectivity index (χ2n) is 20.6. The topological polar surface area (TPSA) is 0 Å². The first-order valence-electron chi connectivity index (χ1n) is 26.3. The van der Waals surface area contributed by atoms with E-state index in [0.717, 1.165) is 0 Å². The lowest BCUT2D eigenvalue weighted by Gasteiger charge is -2.35. The molecule has 12 aromatic carbocycles. The van der Waals surface area contributed by atoms with E-state index in [1.165, 1.54) is 122 Å². The predicted octanol–water partition coefficient (Wildman–Crippen LogP) is 18.7. The normalized spacial score (nSPS) is 14.3. The summed E-state index contributed by atoms with van der Waals surface area (Å²) in [5, 5.41) is 0. The van der Waals surface area contributed by atoms with E-state index in [1.54, 1.807) is 0 Å². The Morgan fingerprint density at radius 1 is 0.158 bits per heavy atom. The molecule has 0 radical (unpaired) electrons. The Bertz CT molecular complexity index is 3790. The van der Waals surface area contributed by atoms with Gasteiger partial charge in [-0.3, -0.25) is 0 Å². The fraction of sp³-hybridized carbons (Fsp3) is 0.0526. The number of rotatable bonds is 8. The Kier molecular flexibility index (Phi) is 10.5. The molecule has 12 aromatic rings. The summed E-state index contributed by atoms with van der Waals surface area (Å²) in [7, 11) is 0. The molecule has 0 heteroatoms. The van der Waals surface area contributed by atoms with Crippen molar-refractivity contribution in [2.75, 3.05) is 0 Å². The lowest BCUT2D eigenvalue weighted by atomic mass is 9.66. The molecule has 358 valence electrons. The smallest absolute Gasteiger partial charge is 0.0713 e. The highest BCUT2D eigenvalue weighted by Gasteiger charge is 2.49. The van der Waals surface area contributed by atoms with E-state index in [-0.39, 0.29) is 7.43 Å². The molecule has 0 atom stereocenters. The van der Waals surface area contributed by atoms with Gasteiger partial charge in [0.25, 0.3) is 0 Å². The third-order valence-electron chi connectivity index (χ3n) is 17.1. The van der Waals surface area contributed by atoms with Crippen LogP contribution in [0.5, 0.6) is 0 Å². The van der Waals surface area contributed by atoms with Gasteiger partial charge in [-0.1, -0.05) is 286 Å². The molecule has 0 aliphatic heterocycles. The van der Waals surface area contributed by atoms with E-state index in [4.69, 9.17) is 0 Å². The van der Waals surface area contributed by atoms with Crippen molar-refractivity contribution in [3.8, 4) is 55.6 Å². The molecule has 0 N–H and O–H groups in total. The van der Waals surface area contributed by atoms with E-state index in [0.29, 0.717) is 0 Å². The SMILES string of the molecule is C.c1ccc(C2(c3ccccc3)c3ccccc3-c3ccc(-c4ccc5c(c4)C(c4ccccc4)(c4ccccc4)c4cc(-c6ccc7c(c6)C(c6ccccc6)(c6ccccc6)c6ccccc6-7)ccc4-5)cc32)cc1. The zero-order chi connectivity index (χ0) is 49.6. The Balaban J connectivity index is 0.00000528. The zero-order valence-electron chi connectivity index (χ0n) is 41.4. The molecule has 0 saturated carbocycles. The second-order valence-corrected chi connectivity index (χ2v) is 20.6. The Labute approximate surface area is 447 Å². The number of benzene rings is 12. The summed E-state index contributed by atoms with van der Waals surface area (Å²) in [6, 6.07) is 114. The van der Waals surface area contributed by atoms with Crippen molar-refractivity contribution in [2.24, 2.45) is 0 Å². The Morgan fingerprint density at radius 3 is 0.579 bits per heavy atom. The summed E-state index contributed by atoms with van der Waals surface area (Å²) in [5.41, 5.74) is 26.3. The molecule has 0 nitrogen and oxygen atoms in total. The first kappa shape index (κ1) is 45.3. The molecular weight excluding hydrogens is 913 g/mol. The van der Waals surface area contributed by atoms with Gasteiger partial charge in [-0.05, 0) is 147 Å². The maximum Gasteiger partial charge on any atom is 0.0713 e. The molecule has 15 rings (SSSR count). The van der Waals surface area contributed by atoms with Crippen LogP contribution in [0.25, 0.3) is 55.6 Å². The van der Waals surface area contributed by atoms with Crippen LogP contribution in [-0.4, -0.2) is 0 Å². The summed E-state index contributed by atoms with van der Waals surface area (Å²) in [6.07, 6.45) is 0. The standard InChI is InChI=1S/C75H50.CH4/c1-7-23-55(24-8-1)73(56-25-9-2-10-26-56)67-37-21-19-35-61(67)63-43-39-51(47-69(63)73)53-41-45-65-66-46-42-54(50-72(66)75(71(65)49-53,59-31-15-5-16-32-59)60-33-17-6-18-34-60)52-40-44-64-62-36-20-22-38-68(62)74(70(64)48-52,57-27-11-3-12-28-57)58-29-13-4-14-30-58;/h1-50H;1H4. The van der Waals surface area contributed by atoms with Gasteiger partial charge in [-0.2, -0.15) is 0 Å². The molecule has 0 aromatic heterocycles. The van der Waals surface area contributed by atoms with Crippen LogP contribution in [0, 0.1) is 0 Å². The highest BCUT2D eigenvalue weighted by atomic mass is 14.5. The van der Waals surface area contributed by atoms with Gasteiger partial charge in [0.15, 0.2) is 0 Å². The number of fused-ring (bicyclic) bond motifs is 9. The Hall–Kier alpha value is -9.36. The molecule has 0 heterocycles. The van der Waals surface area contributed by atoms with Gasteiger partial charge in [-0.15, -0.1) is 0 Å². The van der Waals surface area contributed by atoms with Crippen LogP contribution >= 0.6 is 0 Å². The minimum atomic E-state index is -0.616. The van der Waals surface area contributed by atoms with E-state index in [1.807, 2.05) is 0 Å². The molecule has 0 unspecified atom stereocenters. The monoisotopic (exact) mass is 966 g/mol. The molecule has 3 aliphatic carbocycles. The van der Waals surface area contributed by atoms with Crippen molar-refractivity contribution in [2.45, 2.75) is 23.7 Å². The van der Waals surface area contributed by atoms with Crippen molar-refractivity contribution in [1.29, 1.82) is 0 Å². The van der Waals surface area contributed by atoms with E-state index < -0.39 is 16.2 Å². The van der Waals surface area contributed by atoms with Crippen LogP contribution in [0.4, 0.5) is 0 Å². The van der Waals surface area contributed by atoms with Crippen LogP contribution in [0.1, 0.15) is 74.2 Å². The summed E-state index contributed by atoms with van der Waals surface area (Å²) in [6.45, 7) is 0. The van der Waals surface area contributed by atoms with Crippen molar-refractivity contribution in [1.82, 2.24) is 0 Å². The fourth-order valence-corrected chi connectivity index (χ4v) is 14.1. The van der Waals surface area contributed by atoms with Crippen molar-refractivity contribution < 1.29 is 0 Å². The lowest BCUT2D eigenvalue weighted by Crippen LogP contribution is -2.29. The Morgan fingerprint density at radius 2 is 0.342 bits per heavy atom. The maximum absolute atomic E-state index is 2.52. The molecule has 0 amide bonds. The molecule has 0 spiro atoms. The van der Waals surface area contributed by atoms with Gasteiger partial charge in [0.05, 0.1) is 16.2 Å². The molecule has 3 aliphatic rings. The summed E-state index contributed by atoms with van der Waals surface area (Å²) in [4.78, 5) is 0. The lowest BCUT2D eigenvalue weighted by molar-refractivity contribution is 0.767. The van der Waals surface area contributed by atoms with Crippen LogP contribution in [-0.2, 0) is 16.2 Å². The van der Waals surface area contributed by atoms with E-state index >= 15 is 0 Å². The van der Waals surface area contributed by atoms with Crippen LogP contribution in [0.2, 0.25) is 0 Å². The van der Waals surface area contributed by atoms with Gasteiger partial charge in [0.2, 0.25) is 0 Å². The van der Waals surface area contributed by atoms with E-state index in [9.17, 15) is 0 Å². The quantitative estimate of drug-likeness (QED) is 0.142. The molecule has 0 fully saturated rings. The predicted molar refractivity (Wildman–Crippen MR) is 316 cm³/mol. The van der Waals surface area contributed by atoms with Crippen molar-refractivity contribution in [3.05, 3.63) is 370 Å². The minimum absolute atomic E-state index is 0. The third kappa shape index (κ3) is 6.25. The average molecular weight is 967 g/mol. The van der Waals surface area contributed by atoms with Crippen molar-refractivity contribution in [3.63, 3.8) is 0 Å². The highest BCUT2D eigenvalue weighted by molar-refractivity contribution is 5.94. The van der Waals surface area contributed by atoms with Gasteiger partial charge in [0, 0.05) is 0 Å². The van der Waals surface area contributed by atoms with Gasteiger partial charge < -0.3 is 0 Å². The number of hydrogen-bond donors (Lipinski definition) is 0.